The predicted octanol–water partition coefficient (Wildman–Crippen LogP) is 2.99. The number of hydrogen-bond donors (Lipinski definition) is 1. The zero-order valence-corrected chi connectivity index (χ0v) is 17.2. The van der Waals surface area contributed by atoms with E-state index in [1.54, 1.807) is 36.1 Å². The minimum Gasteiger partial charge on any atom is -0.467 e. The van der Waals surface area contributed by atoms with Crippen LogP contribution in [0, 0.1) is 0 Å². The fourth-order valence-electron chi connectivity index (χ4n) is 3.14. The van der Waals surface area contributed by atoms with Gasteiger partial charge in [0, 0.05) is 14.1 Å². The summed E-state index contributed by atoms with van der Waals surface area (Å²) in [6.07, 6.45) is 1.58. The largest absolute Gasteiger partial charge is 0.467 e. The Bertz CT molecular complexity index is 1320. The lowest BCUT2D eigenvalue weighted by Crippen LogP contribution is -2.37. The van der Waals surface area contributed by atoms with Crippen molar-refractivity contribution in [2.45, 2.75) is 13.1 Å². The van der Waals surface area contributed by atoms with Crippen molar-refractivity contribution < 1.29 is 4.42 Å². The second-order valence-electron chi connectivity index (χ2n) is 6.58. The molecular weight excluding hydrogens is 417 g/mol. The van der Waals surface area contributed by atoms with E-state index in [2.05, 4.69) is 10.3 Å². The second kappa shape index (κ2) is 7.46. The normalized spacial score (nSPS) is 11.3. The van der Waals surface area contributed by atoms with Crippen molar-refractivity contribution >= 4 is 40.3 Å². The molecule has 0 fully saturated rings. The average Bonchev–Trinajstić information content (AvgIpc) is 3.34. The maximum absolute atomic E-state index is 12.9. The van der Waals surface area contributed by atoms with E-state index in [4.69, 9.17) is 27.6 Å². The monoisotopic (exact) mass is 433 g/mol. The van der Waals surface area contributed by atoms with E-state index in [1.807, 2.05) is 12.1 Å². The minimum absolute atomic E-state index is 0.292. The van der Waals surface area contributed by atoms with E-state index in [0.29, 0.717) is 46.0 Å². The number of anilines is 1. The van der Waals surface area contributed by atoms with Crippen LogP contribution in [0.2, 0.25) is 10.0 Å². The molecule has 0 radical (unpaired) electrons. The number of nitrogens with zero attached hydrogens (tertiary/aromatic N) is 4. The lowest BCUT2D eigenvalue weighted by Gasteiger charge is -2.11. The molecule has 1 N–H and O–H groups in total. The molecule has 0 saturated heterocycles. The summed E-state index contributed by atoms with van der Waals surface area (Å²) in [4.78, 5) is 29.7. The molecule has 3 heterocycles. The Labute approximate surface area is 174 Å². The highest BCUT2D eigenvalue weighted by molar-refractivity contribution is 6.42. The number of furan rings is 1. The van der Waals surface area contributed by atoms with Gasteiger partial charge in [-0.15, -0.1) is 0 Å². The molecule has 0 amide bonds. The predicted molar refractivity (Wildman–Crippen MR) is 112 cm³/mol. The molecule has 0 unspecified atom stereocenters. The molecule has 8 nitrogen and oxygen atoms in total. The van der Waals surface area contributed by atoms with Crippen LogP contribution in [0.4, 0.5) is 5.95 Å². The Hall–Kier alpha value is -2.97. The van der Waals surface area contributed by atoms with Crippen LogP contribution in [0.3, 0.4) is 0 Å². The molecule has 1 aromatic carbocycles. The maximum atomic E-state index is 12.9. The Balaban J connectivity index is 1.88. The van der Waals surface area contributed by atoms with Gasteiger partial charge in [-0.05, 0) is 29.8 Å². The molecule has 0 bridgehead atoms. The Morgan fingerprint density at radius 1 is 1.10 bits per heavy atom. The summed E-state index contributed by atoms with van der Waals surface area (Å²) >= 11 is 12.2. The van der Waals surface area contributed by atoms with Crippen LogP contribution >= 0.6 is 23.2 Å². The number of halogens is 2. The van der Waals surface area contributed by atoms with E-state index in [9.17, 15) is 9.59 Å². The third-order valence-electron chi connectivity index (χ3n) is 4.67. The highest BCUT2D eigenvalue weighted by Crippen LogP contribution is 2.25. The van der Waals surface area contributed by atoms with Crippen LogP contribution < -0.4 is 16.6 Å². The van der Waals surface area contributed by atoms with Crippen LogP contribution in [-0.2, 0) is 27.2 Å². The zero-order chi connectivity index (χ0) is 20.7. The molecule has 0 aliphatic heterocycles. The third-order valence-corrected chi connectivity index (χ3v) is 5.41. The van der Waals surface area contributed by atoms with Gasteiger partial charge in [0.15, 0.2) is 11.2 Å². The van der Waals surface area contributed by atoms with Crippen molar-refractivity contribution in [1.82, 2.24) is 18.7 Å². The van der Waals surface area contributed by atoms with Gasteiger partial charge in [0.05, 0.1) is 29.4 Å². The van der Waals surface area contributed by atoms with Crippen LogP contribution in [0.15, 0.2) is 50.6 Å². The topological polar surface area (TPSA) is 87.0 Å². The second-order valence-corrected chi connectivity index (χ2v) is 7.40. The van der Waals surface area contributed by atoms with Gasteiger partial charge >= 0.3 is 5.69 Å². The molecule has 0 aliphatic carbocycles. The molecule has 0 spiro atoms. The van der Waals surface area contributed by atoms with Crippen molar-refractivity contribution in [3.63, 3.8) is 0 Å². The van der Waals surface area contributed by atoms with Crippen molar-refractivity contribution in [2.24, 2.45) is 14.1 Å². The van der Waals surface area contributed by atoms with Crippen molar-refractivity contribution in [3.05, 3.63) is 78.8 Å². The fraction of sp³-hybridized carbons (Fsp3) is 0.211. The van der Waals surface area contributed by atoms with Gasteiger partial charge in [-0.3, -0.25) is 18.5 Å². The highest BCUT2D eigenvalue weighted by atomic mass is 35.5. The number of aryl methyl sites for hydroxylation is 1. The van der Waals surface area contributed by atoms with E-state index in [1.165, 1.54) is 11.6 Å². The summed E-state index contributed by atoms with van der Waals surface area (Å²) in [6, 6.07) is 8.87. The number of rotatable bonds is 5. The quantitative estimate of drug-likeness (QED) is 0.522. The van der Waals surface area contributed by atoms with Gasteiger partial charge in [-0.2, -0.15) is 4.98 Å². The molecule has 3 aromatic heterocycles. The summed E-state index contributed by atoms with van der Waals surface area (Å²) in [5, 5.41) is 4.04. The number of imidazole rings is 1. The van der Waals surface area contributed by atoms with Crippen molar-refractivity contribution in [1.29, 1.82) is 0 Å². The Morgan fingerprint density at radius 2 is 1.90 bits per heavy atom. The van der Waals surface area contributed by atoms with Crippen LogP contribution in [0.5, 0.6) is 0 Å². The molecule has 4 rings (SSSR count). The molecule has 10 heteroatoms. The summed E-state index contributed by atoms with van der Waals surface area (Å²) in [5.74, 6) is 1.14. The first-order valence-corrected chi connectivity index (χ1v) is 9.49. The SMILES string of the molecule is Cn1c(=O)c2c(nc(NCc3ccco3)n2Cc2ccc(Cl)c(Cl)c2)n(C)c1=O. The first-order chi connectivity index (χ1) is 13.9. The standard InChI is InChI=1S/C19H17Cl2N5O3/c1-24-16-15(17(27)25(2)19(24)28)26(10-11-5-6-13(20)14(21)8-11)18(23-16)22-9-12-4-3-7-29-12/h3-8H,9-10H2,1-2H3,(H,22,23). The Morgan fingerprint density at radius 3 is 2.59 bits per heavy atom. The lowest BCUT2D eigenvalue weighted by atomic mass is 10.2. The number of nitrogens with one attached hydrogen (secondary N) is 1. The first-order valence-electron chi connectivity index (χ1n) is 8.73. The smallest absolute Gasteiger partial charge is 0.332 e. The average molecular weight is 434 g/mol. The van der Waals surface area contributed by atoms with Gasteiger partial charge in [0.1, 0.15) is 5.76 Å². The van der Waals surface area contributed by atoms with E-state index in [-0.39, 0.29) is 0 Å². The fourth-order valence-corrected chi connectivity index (χ4v) is 3.46. The number of fused-ring (bicyclic) bond motifs is 1. The summed E-state index contributed by atoms with van der Waals surface area (Å²) in [5.41, 5.74) is 0.555. The van der Waals surface area contributed by atoms with E-state index in [0.717, 1.165) is 10.1 Å². The molecule has 0 atom stereocenters. The third kappa shape index (κ3) is 3.45. The summed E-state index contributed by atoms with van der Waals surface area (Å²) in [6.45, 7) is 0.674. The van der Waals surface area contributed by atoms with Gasteiger partial charge < -0.3 is 9.73 Å². The van der Waals surface area contributed by atoms with Crippen molar-refractivity contribution in [2.75, 3.05) is 5.32 Å². The maximum Gasteiger partial charge on any atom is 0.332 e. The van der Waals surface area contributed by atoms with Crippen molar-refractivity contribution in [3.8, 4) is 0 Å². The van der Waals surface area contributed by atoms with Gasteiger partial charge in [-0.25, -0.2) is 4.79 Å². The molecular formula is C19H17Cl2N5O3. The van der Waals surface area contributed by atoms with Gasteiger partial charge in [0.2, 0.25) is 5.95 Å². The number of hydrogen-bond acceptors (Lipinski definition) is 5. The summed E-state index contributed by atoms with van der Waals surface area (Å²) < 4.78 is 9.48. The van der Waals surface area contributed by atoms with Crippen LogP contribution in [-0.4, -0.2) is 18.7 Å². The van der Waals surface area contributed by atoms with E-state index >= 15 is 0 Å². The van der Waals surface area contributed by atoms with Gasteiger partial charge in [-0.1, -0.05) is 29.3 Å². The van der Waals surface area contributed by atoms with Crippen LogP contribution in [0.25, 0.3) is 11.2 Å². The Kier molecular flexibility index (Phi) is 4.97. The number of benzene rings is 1. The molecule has 150 valence electrons. The lowest BCUT2D eigenvalue weighted by molar-refractivity contribution is 0.517. The zero-order valence-electron chi connectivity index (χ0n) is 15.6. The molecule has 29 heavy (non-hydrogen) atoms. The molecule has 4 aromatic rings. The first kappa shape index (κ1) is 19.4. The summed E-state index contributed by atoms with van der Waals surface area (Å²) in [7, 11) is 3.02. The number of aromatic nitrogens is 4. The van der Waals surface area contributed by atoms with E-state index < -0.39 is 11.2 Å². The van der Waals surface area contributed by atoms with Crippen LogP contribution in [0.1, 0.15) is 11.3 Å². The molecule has 0 saturated carbocycles. The minimum atomic E-state index is -0.445. The molecule has 0 aliphatic rings. The highest BCUT2D eigenvalue weighted by Gasteiger charge is 2.19. The van der Waals surface area contributed by atoms with Gasteiger partial charge in [0.25, 0.3) is 5.56 Å².